The highest BCUT2D eigenvalue weighted by Gasteiger charge is 2.35. The molecular weight excluding hydrogens is 362 g/mol. The summed E-state index contributed by atoms with van der Waals surface area (Å²) in [5, 5.41) is 3.06. The molecule has 0 radical (unpaired) electrons. The van der Waals surface area contributed by atoms with E-state index in [-0.39, 0.29) is 24.4 Å². The van der Waals surface area contributed by atoms with Crippen molar-refractivity contribution in [2.45, 2.75) is 37.6 Å². The number of carbonyl (C=O) groups excluding carboxylic acids is 1. The number of aryl methyl sites for hydroxylation is 2. The van der Waals surface area contributed by atoms with Crippen LogP contribution in [-0.4, -0.2) is 62.3 Å². The number of amides is 1. The third kappa shape index (κ3) is 4.16. The minimum absolute atomic E-state index is 0. The van der Waals surface area contributed by atoms with Gasteiger partial charge in [-0.15, -0.1) is 12.4 Å². The van der Waals surface area contributed by atoms with Crippen molar-refractivity contribution in [1.29, 1.82) is 0 Å². The number of piperazine rings is 1. The van der Waals surface area contributed by atoms with Gasteiger partial charge in [-0.3, -0.25) is 4.79 Å². The summed E-state index contributed by atoms with van der Waals surface area (Å²) in [7, 11) is -3.52. The van der Waals surface area contributed by atoms with Crippen LogP contribution in [0.1, 0.15) is 24.0 Å². The molecule has 0 bridgehead atoms. The fraction of sp³-hybridized carbons (Fsp3) is 0.588. The van der Waals surface area contributed by atoms with Crippen LogP contribution >= 0.6 is 12.4 Å². The SMILES string of the molecule is Cc1ccc(S(=O)(=O)N2CCCC(N3CCNCC3=O)C2)c(C)c1.Cl. The van der Waals surface area contributed by atoms with E-state index in [1.54, 1.807) is 10.4 Å². The molecule has 140 valence electrons. The van der Waals surface area contributed by atoms with E-state index < -0.39 is 10.0 Å². The van der Waals surface area contributed by atoms with Gasteiger partial charge in [-0.2, -0.15) is 4.31 Å². The molecule has 2 saturated heterocycles. The number of benzene rings is 1. The number of rotatable bonds is 3. The Morgan fingerprint density at radius 3 is 2.64 bits per heavy atom. The van der Waals surface area contributed by atoms with Crippen molar-refractivity contribution < 1.29 is 13.2 Å². The second kappa shape index (κ2) is 8.03. The molecule has 1 N–H and O–H groups in total. The van der Waals surface area contributed by atoms with Gasteiger partial charge in [0, 0.05) is 32.2 Å². The summed E-state index contributed by atoms with van der Waals surface area (Å²) in [6.07, 6.45) is 1.65. The molecule has 1 amide bonds. The van der Waals surface area contributed by atoms with Crippen LogP contribution in [0.3, 0.4) is 0 Å². The first kappa shape index (κ1) is 20.2. The molecule has 1 atom stereocenters. The first-order valence-corrected chi connectivity index (χ1v) is 9.91. The Morgan fingerprint density at radius 2 is 1.96 bits per heavy atom. The maximum atomic E-state index is 13.0. The number of piperidine rings is 1. The topological polar surface area (TPSA) is 69.7 Å². The maximum Gasteiger partial charge on any atom is 0.243 e. The predicted octanol–water partition coefficient (Wildman–Crippen LogP) is 1.31. The molecule has 8 heteroatoms. The van der Waals surface area contributed by atoms with Crippen LogP contribution in [0.5, 0.6) is 0 Å². The van der Waals surface area contributed by atoms with Gasteiger partial charge in [0.15, 0.2) is 0 Å². The smallest absolute Gasteiger partial charge is 0.243 e. The van der Waals surface area contributed by atoms with Crippen LogP contribution in [0.15, 0.2) is 23.1 Å². The van der Waals surface area contributed by atoms with Gasteiger partial charge in [-0.25, -0.2) is 8.42 Å². The van der Waals surface area contributed by atoms with E-state index in [4.69, 9.17) is 0 Å². The Kier molecular flexibility index (Phi) is 6.48. The summed E-state index contributed by atoms with van der Waals surface area (Å²) in [6.45, 7) is 6.47. The van der Waals surface area contributed by atoms with Gasteiger partial charge in [0.05, 0.1) is 11.4 Å². The molecule has 0 spiro atoms. The molecule has 1 aromatic rings. The number of sulfonamides is 1. The van der Waals surface area contributed by atoms with Gasteiger partial charge in [-0.1, -0.05) is 17.7 Å². The summed E-state index contributed by atoms with van der Waals surface area (Å²) < 4.78 is 27.6. The van der Waals surface area contributed by atoms with E-state index in [0.717, 1.165) is 30.5 Å². The van der Waals surface area contributed by atoms with Crippen molar-refractivity contribution in [3.63, 3.8) is 0 Å². The van der Waals surface area contributed by atoms with Crippen LogP contribution in [0, 0.1) is 13.8 Å². The van der Waals surface area contributed by atoms with Gasteiger partial charge in [-0.05, 0) is 38.3 Å². The zero-order valence-electron chi connectivity index (χ0n) is 14.7. The number of halogens is 1. The average molecular weight is 388 g/mol. The molecule has 1 unspecified atom stereocenters. The van der Waals surface area contributed by atoms with Crippen LogP contribution < -0.4 is 5.32 Å². The van der Waals surface area contributed by atoms with Crippen molar-refractivity contribution in [3.8, 4) is 0 Å². The van der Waals surface area contributed by atoms with E-state index in [9.17, 15) is 13.2 Å². The Bertz CT molecular complexity index is 739. The van der Waals surface area contributed by atoms with Crippen molar-refractivity contribution in [2.75, 3.05) is 32.7 Å². The average Bonchev–Trinajstić information content (AvgIpc) is 2.55. The molecular formula is C17H26ClN3O3S. The summed E-state index contributed by atoms with van der Waals surface area (Å²) in [4.78, 5) is 14.3. The molecule has 1 aromatic carbocycles. The van der Waals surface area contributed by atoms with E-state index in [2.05, 4.69) is 5.32 Å². The molecule has 0 aromatic heterocycles. The largest absolute Gasteiger partial charge is 0.336 e. The summed E-state index contributed by atoms with van der Waals surface area (Å²) in [5.41, 5.74) is 1.82. The van der Waals surface area contributed by atoms with Crippen molar-refractivity contribution >= 4 is 28.3 Å². The number of hydrogen-bond donors (Lipinski definition) is 1. The summed E-state index contributed by atoms with van der Waals surface area (Å²) >= 11 is 0. The van der Waals surface area contributed by atoms with Crippen LogP contribution in [0.25, 0.3) is 0 Å². The number of carbonyl (C=O) groups is 1. The van der Waals surface area contributed by atoms with Gasteiger partial charge >= 0.3 is 0 Å². The first-order chi connectivity index (χ1) is 11.4. The van der Waals surface area contributed by atoms with Gasteiger partial charge in [0.2, 0.25) is 15.9 Å². The quantitative estimate of drug-likeness (QED) is 0.849. The number of nitrogens with one attached hydrogen (secondary N) is 1. The highest BCUT2D eigenvalue weighted by atomic mass is 35.5. The molecule has 2 aliphatic rings. The van der Waals surface area contributed by atoms with Crippen molar-refractivity contribution in [1.82, 2.24) is 14.5 Å². The van der Waals surface area contributed by atoms with Gasteiger partial charge < -0.3 is 10.2 Å². The zero-order chi connectivity index (χ0) is 17.3. The van der Waals surface area contributed by atoms with Gasteiger partial charge in [0.1, 0.15) is 0 Å². The molecule has 25 heavy (non-hydrogen) atoms. The Morgan fingerprint density at radius 1 is 1.20 bits per heavy atom. The first-order valence-electron chi connectivity index (χ1n) is 8.47. The Hall–Kier alpha value is -1.15. The highest BCUT2D eigenvalue weighted by molar-refractivity contribution is 7.89. The molecule has 0 saturated carbocycles. The highest BCUT2D eigenvalue weighted by Crippen LogP contribution is 2.26. The fourth-order valence-corrected chi connectivity index (χ4v) is 5.35. The number of hydrogen-bond acceptors (Lipinski definition) is 4. The lowest BCUT2D eigenvalue weighted by molar-refractivity contribution is -0.135. The van der Waals surface area contributed by atoms with E-state index in [1.165, 1.54) is 0 Å². The maximum absolute atomic E-state index is 13.0. The standard InChI is InChI=1S/C17H25N3O3S.ClH/c1-13-5-6-16(14(2)10-13)24(22,23)19-8-3-4-15(12-19)20-9-7-18-11-17(20)21;/h5-6,10,15,18H,3-4,7-9,11-12H2,1-2H3;1H. The van der Waals surface area contributed by atoms with E-state index >= 15 is 0 Å². The van der Waals surface area contributed by atoms with Gasteiger partial charge in [0.25, 0.3) is 0 Å². The predicted molar refractivity (Wildman–Crippen MR) is 99.5 cm³/mol. The monoisotopic (exact) mass is 387 g/mol. The lowest BCUT2D eigenvalue weighted by Crippen LogP contribution is -2.57. The molecule has 2 fully saturated rings. The Labute approximate surface area is 156 Å². The number of nitrogens with zero attached hydrogens (tertiary/aromatic N) is 2. The summed E-state index contributed by atoms with van der Waals surface area (Å²) in [5.74, 6) is 0.0667. The van der Waals surface area contributed by atoms with Crippen molar-refractivity contribution in [2.24, 2.45) is 0 Å². The van der Waals surface area contributed by atoms with Crippen LogP contribution in [-0.2, 0) is 14.8 Å². The fourth-order valence-electron chi connectivity index (χ4n) is 3.63. The second-order valence-electron chi connectivity index (χ2n) is 6.69. The third-order valence-corrected chi connectivity index (χ3v) is 6.90. The van der Waals surface area contributed by atoms with E-state index in [1.807, 2.05) is 30.9 Å². The second-order valence-corrected chi connectivity index (χ2v) is 8.60. The van der Waals surface area contributed by atoms with E-state index in [0.29, 0.717) is 31.1 Å². The minimum atomic E-state index is -3.52. The molecule has 0 aliphatic carbocycles. The normalized spacial score (nSPS) is 22.6. The molecule has 2 aliphatic heterocycles. The lowest BCUT2D eigenvalue weighted by atomic mass is 10.1. The Balaban J connectivity index is 0.00000225. The van der Waals surface area contributed by atoms with Crippen LogP contribution in [0.2, 0.25) is 0 Å². The third-order valence-electron chi connectivity index (χ3n) is 4.87. The molecule has 3 rings (SSSR count). The molecule has 6 nitrogen and oxygen atoms in total. The van der Waals surface area contributed by atoms with Crippen molar-refractivity contribution in [3.05, 3.63) is 29.3 Å². The lowest BCUT2D eigenvalue weighted by Gasteiger charge is -2.40. The molecule has 2 heterocycles. The minimum Gasteiger partial charge on any atom is -0.336 e. The zero-order valence-corrected chi connectivity index (χ0v) is 16.3. The van der Waals surface area contributed by atoms with Crippen LogP contribution in [0.4, 0.5) is 0 Å². The summed E-state index contributed by atoms with van der Waals surface area (Å²) in [6, 6.07) is 5.41.